The lowest BCUT2D eigenvalue weighted by atomic mass is 10.0. The smallest absolute Gasteiger partial charge is 0.337 e. The maximum atomic E-state index is 12.4. The first-order chi connectivity index (χ1) is 15.4. The second-order valence-corrected chi connectivity index (χ2v) is 7.90. The molecule has 2 aromatic rings. The summed E-state index contributed by atoms with van der Waals surface area (Å²) in [6, 6.07) is 16.8. The summed E-state index contributed by atoms with van der Waals surface area (Å²) in [6.45, 7) is 4.36. The van der Waals surface area contributed by atoms with Crippen molar-refractivity contribution in [3.63, 3.8) is 0 Å². The fourth-order valence-electron chi connectivity index (χ4n) is 3.62. The molecule has 0 aromatic heterocycles. The number of nitrogens with one attached hydrogen (secondary N) is 2. The van der Waals surface area contributed by atoms with Crippen LogP contribution in [-0.2, 0) is 20.9 Å². The van der Waals surface area contributed by atoms with Gasteiger partial charge in [-0.3, -0.25) is 14.5 Å². The van der Waals surface area contributed by atoms with Crippen molar-refractivity contribution in [1.82, 2.24) is 10.2 Å². The van der Waals surface area contributed by atoms with E-state index in [9.17, 15) is 14.4 Å². The van der Waals surface area contributed by atoms with Gasteiger partial charge in [-0.1, -0.05) is 30.3 Å². The number of esters is 1. The highest BCUT2D eigenvalue weighted by molar-refractivity contribution is 6.07. The second kappa shape index (κ2) is 11.2. The van der Waals surface area contributed by atoms with Crippen molar-refractivity contribution in [3.8, 4) is 0 Å². The number of piperidine rings is 1. The van der Waals surface area contributed by atoms with Crippen molar-refractivity contribution >= 4 is 23.5 Å². The highest BCUT2D eigenvalue weighted by atomic mass is 16.5. The van der Waals surface area contributed by atoms with Crippen LogP contribution in [0.2, 0.25) is 0 Å². The largest absolute Gasteiger partial charge is 0.465 e. The molecule has 0 atom stereocenters. The number of nitrogens with zero attached hydrogens (tertiary/aromatic N) is 1. The van der Waals surface area contributed by atoms with Crippen LogP contribution in [0.5, 0.6) is 0 Å². The highest BCUT2D eigenvalue weighted by Gasteiger charge is 2.20. The number of rotatable bonds is 7. The van der Waals surface area contributed by atoms with Crippen molar-refractivity contribution in [1.29, 1.82) is 0 Å². The van der Waals surface area contributed by atoms with E-state index in [0.717, 1.165) is 32.5 Å². The van der Waals surface area contributed by atoms with E-state index in [1.807, 2.05) is 18.2 Å². The molecule has 7 heteroatoms. The molecule has 1 saturated heterocycles. The molecule has 2 aromatic carbocycles. The number of hydrogen-bond donors (Lipinski definition) is 2. The summed E-state index contributed by atoms with van der Waals surface area (Å²) in [7, 11) is 1.31. The molecular formula is C25H29N3O4. The maximum absolute atomic E-state index is 12.4. The van der Waals surface area contributed by atoms with E-state index < -0.39 is 5.97 Å². The number of carbonyl (C=O) groups is 3. The topological polar surface area (TPSA) is 87.7 Å². The Labute approximate surface area is 188 Å². The van der Waals surface area contributed by atoms with Gasteiger partial charge < -0.3 is 15.4 Å². The van der Waals surface area contributed by atoms with E-state index in [1.165, 1.54) is 18.7 Å². The Hall–Kier alpha value is -3.45. The van der Waals surface area contributed by atoms with Crippen LogP contribution < -0.4 is 10.6 Å². The summed E-state index contributed by atoms with van der Waals surface area (Å²) in [5.41, 5.74) is 2.52. The Morgan fingerprint density at radius 1 is 1.03 bits per heavy atom. The minimum absolute atomic E-state index is 0.104. The lowest BCUT2D eigenvalue weighted by Crippen LogP contribution is -2.44. The molecule has 3 rings (SSSR count). The third-order valence-corrected chi connectivity index (χ3v) is 5.45. The molecule has 1 fully saturated rings. The zero-order valence-corrected chi connectivity index (χ0v) is 18.5. The minimum atomic E-state index is -0.443. The molecule has 2 amide bonds. The molecule has 0 aliphatic carbocycles. The first-order valence-electron chi connectivity index (χ1n) is 10.7. The second-order valence-electron chi connectivity index (χ2n) is 7.90. The standard InChI is InChI=1S/C25H29N3O4/c1-18(24(30)27-21-10-8-20(9-11-21)25(31)32-2)16-23(29)26-22-12-14-28(15-13-22)17-19-6-4-3-5-7-19/h3-11,16,22H,12-15,17H2,1-2H3,(H,26,29)(H,27,30)/b18-16+. The molecule has 0 bridgehead atoms. The first-order valence-corrected chi connectivity index (χ1v) is 10.7. The minimum Gasteiger partial charge on any atom is -0.465 e. The molecule has 1 aliphatic heterocycles. The van der Waals surface area contributed by atoms with Crippen LogP contribution in [0.3, 0.4) is 0 Å². The van der Waals surface area contributed by atoms with Crippen LogP contribution >= 0.6 is 0 Å². The molecule has 0 saturated carbocycles. The monoisotopic (exact) mass is 435 g/mol. The third-order valence-electron chi connectivity index (χ3n) is 5.45. The van der Waals surface area contributed by atoms with E-state index in [-0.39, 0.29) is 17.9 Å². The van der Waals surface area contributed by atoms with E-state index in [4.69, 9.17) is 0 Å². The fourth-order valence-corrected chi connectivity index (χ4v) is 3.62. The van der Waals surface area contributed by atoms with E-state index >= 15 is 0 Å². The summed E-state index contributed by atoms with van der Waals surface area (Å²) in [5, 5.41) is 5.72. The number of methoxy groups -OCH3 is 1. The van der Waals surface area contributed by atoms with Gasteiger partial charge >= 0.3 is 5.97 Å². The van der Waals surface area contributed by atoms with Gasteiger partial charge in [-0.15, -0.1) is 0 Å². The quantitative estimate of drug-likeness (QED) is 0.515. The molecule has 7 nitrogen and oxygen atoms in total. The van der Waals surface area contributed by atoms with E-state index in [0.29, 0.717) is 16.8 Å². The maximum Gasteiger partial charge on any atom is 0.337 e. The Morgan fingerprint density at radius 3 is 2.31 bits per heavy atom. The number of hydrogen-bond acceptors (Lipinski definition) is 5. The Kier molecular flexibility index (Phi) is 8.16. The first kappa shape index (κ1) is 23.2. The zero-order chi connectivity index (χ0) is 22.9. The van der Waals surface area contributed by atoms with Crippen LogP contribution in [0.4, 0.5) is 5.69 Å². The van der Waals surface area contributed by atoms with Gasteiger partial charge in [-0.05, 0) is 49.6 Å². The van der Waals surface area contributed by atoms with Gasteiger partial charge in [0.25, 0.3) is 5.91 Å². The number of anilines is 1. The summed E-state index contributed by atoms with van der Waals surface area (Å²) >= 11 is 0. The van der Waals surface area contributed by atoms with Gasteiger partial charge in [0.2, 0.25) is 5.91 Å². The fraction of sp³-hybridized carbons (Fsp3) is 0.320. The molecule has 168 valence electrons. The number of ether oxygens (including phenoxy) is 1. The van der Waals surface area contributed by atoms with Crippen molar-refractivity contribution in [2.75, 3.05) is 25.5 Å². The van der Waals surface area contributed by atoms with Crippen LogP contribution in [0.25, 0.3) is 0 Å². The summed E-state index contributed by atoms with van der Waals surface area (Å²) in [5.74, 6) is -1.08. The third kappa shape index (κ3) is 6.78. The zero-order valence-electron chi connectivity index (χ0n) is 18.5. The number of carbonyl (C=O) groups excluding carboxylic acids is 3. The number of benzene rings is 2. The predicted molar refractivity (Wildman–Crippen MR) is 123 cm³/mol. The van der Waals surface area contributed by atoms with Gasteiger partial charge in [0.05, 0.1) is 12.7 Å². The average molecular weight is 436 g/mol. The predicted octanol–water partition coefficient (Wildman–Crippen LogP) is 3.14. The molecular weight excluding hydrogens is 406 g/mol. The van der Waals surface area contributed by atoms with Gasteiger partial charge in [0.15, 0.2) is 0 Å². The van der Waals surface area contributed by atoms with Crippen molar-refractivity contribution in [2.24, 2.45) is 0 Å². The number of likely N-dealkylation sites (tertiary alicyclic amines) is 1. The van der Waals surface area contributed by atoms with Gasteiger partial charge in [0.1, 0.15) is 0 Å². The Morgan fingerprint density at radius 2 is 1.69 bits per heavy atom. The van der Waals surface area contributed by atoms with E-state index in [2.05, 4.69) is 32.4 Å². The molecule has 32 heavy (non-hydrogen) atoms. The van der Waals surface area contributed by atoms with Crippen molar-refractivity contribution in [3.05, 3.63) is 77.4 Å². The Bertz CT molecular complexity index is 962. The SMILES string of the molecule is COC(=O)c1ccc(NC(=O)/C(C)=C/C(=O)NC2CCN(Cc3ccccc3)CC2)cc1. The normalized spacial score (nSPS) is 15.1. The average Bonchev–Trinajstić information content (AvgIpc) is 2.81. The molecule has 0 unspecified atom stereocenters. The summed E-state index contributed by atoms with van der Waals surface area (Å²) in [4.78, 5) is 38.6. The highest BCUT2D eigenvalue weighted by Crippen LogP contribution is 2.15. The lowest BCUT2D eigenvalue weighted by Gasteiger charge is -2.32. The van der Waals surface area contributed by atoms with Crippen LogP contribution in [0.15, 0.2) is 66.2 Å². The lowest BCUT2D eigenvalue weighted by molar-refractivity contribution is -0.118. The molecule has 0 spiro atoms. The van der Waals surface area contributed by atoms with Gasteiger partial charge in [-0.25, -0.2) is 4.79 Å². The van der Waals surface area contributed by atoms with Crippen LogP contribution in [0, 0.1) is 0 Å². The van der Waals surface area contributed by atoms with E-state index in [1.54, 1.807) is 31.2 Å². The summed E-state index contributed by atoms with van der Waals surface area (Å²) in [6.07, 6.45) is 3.09. The van der Waals surface area contributed by atoms with Crippen molar-refractivity contribution in [2.45, 2.75) is 32.4 Å². The summed E-state index contributed by atoms with van der Waals surface area (Å²) < 4.78 is 4.65. The van der Waals surface area contributed by atoms with Crippen LogP contribution in [0.1, 0.15) is 35.7 Å². The number of amides is 2. The molecule has 1 aliphatic rings. The van der Waals surface area contributed by atoms with Gasteiger partial charge in [-0.2, -0.15) is 0 Å². The molecule has 1 heterocycles. The molecule has 0 radical (unpaired) electrons. The van der Waals surface area contributed by atoms with Crippen LogP contribution in [-0.4, -0.2) is 48.9 Å². The van der Waals surface area contributed by atoms with Gasteiger partial charge in [0, 0.05) is 43.0 Å². The molecule has 2 N–H and O–H groups in total. The van der Waals surface area contributed by atoms with Crippen molar-refractivity contribution < 1.29 is 19.1 Å². The Balaban J connectivity index is 1.44.